The van der Waals surface area contributed by atoms with E-state index in [9.17, 15) is 30.8 Å². The maximum Gasteiger partial charge on any atom is 0.435 e. The topological polar surface area (TPSA) is 81.5 Å². The number of rotatable bonds is 5. The zero-order valence-corrected chi connectivity index (χ0v) is 19.6. The van der Waals surface area contributed by atoms with Crippen LogP contribution in [0.15, 0.2) is 53.6 Å². The molecule has 1 heterocycles. The molecule has 1 atom stereocenters. The second kappa shape index (κ2) is 8.99. The predicted octanol–water partition coefficient (Wildman–Crippen LogP) is 5.27. The van der Waals surface area contributed by atoms with Gasteiger partial charge in [0.15, 0.2) is 0 Å². The Morgan fingerprint density at radius 1 is 1.12 bits per heavy atom. The average molecular weight is 502 g/mol. The fourth-order valence-corrected chi connectivity index (χ4v) is 5.28. The minimum atomic E-state index is -4.99. The smallest absolute Gasteiger partial charge is 0.435 e. The highest BCUT2D eigenvalue weighted by Crippen LogP contribution is 2.41. The summed E-state index contributed by atoms with van der Waals surface area (Å²) in [5, 5.41) is 3.85. The number of sulfonamides is 1. The Bertz CT molecular complexity index is 1300. The van der Waals surface area contributed by atoms with Gasteiger partial charge in [0, 0.05) is 11.9 Å². The van der Waals surface area contributed by atoms with Gasteiger partial charge in [-0.25, -0.2) is 17.6 Å². The Morgan fingerprint density at radius 3 is 2.26 bits per heavy atom. The van der Waals surface area contributed by atoms with E-state index in [0.29, 0.717) is 4.31 Å². The standard InChI is InChI=1S/C22H23F4N3O4S/c1-5-28(19(22(24,25)26)14-9-11-15(23)12-10-14)34(31,32)18-8-6-7-17-16(18)13-27-29(17)20(30)33-21(2,3)4/h6-13,19H,5H2,1-4H3. The Kier molecular flexibility index (Phi) is 6.78. The molecule has 0 N–H and O–H groups in total. The maximum absolute atomic E-state index is 14.1. The Morgan fingerprint density at radius 2 is 1.74 bits per heavy atom. The third kappa shape index (κ3) is 5.07. The van der Waals surface area contributed by atoms with Crippen molar-refractivity contribution in [3.05, 3.63) is 60.0 Å². The van der Waals surface area contributed by atoms with Crippen LogP contribution in [0.1, 0.15) is 39.3 Å². The van der Waals surface area contributed by atoms with E-state index in [1.165, 1.54) is 19.1 Å². The molecule has 0 fully saturated rings. The van der Waals surface area contributed by atoms with E-state index in [2.05, 4.69) is 5.10 Å². The molecule has 0 aliphatic heterocycles. The lowest BCUT2D eigenvalue weighted by molar-refractivity contribution is -0.173. The van der Waals surface area contributed by atoms with Crippen molar-refractivity contribution in [1.29, 1.82) is 0 Å². The molecule has 0 saturated carbocycles. The molecule has 0 aliphatic carbocycles. The van der Waals surface area contributed by atoms with Crippen molar-refractivity contribution in [2.45, 2.75) is 50.4 Å². The van der Waals surface area contributed by atoms with Crippen LogP contribution in [0.25, 0.3) is 10.9 Å². The summed E-state index contributed by atoms with van der Waals surface area (Å²) >= 11 is 0. The molecule has 0 spiro atoms. The van der Waals surface area contributed by atoms with E-state index >= 15 is 0 Å². The normalized spacial score (nSPS) is 13.9. The average Bonchev–Trinajstić information content (AvgIpc) is 3.14. The number of carbonyl (C=O) groups is 1. The van der Waals surface area contributed by atoms with Crippen LogP contribution >= 0.6 is 0 Å². The molecule has 1 unspecified atom stereocenters. The summed E-state index contributed by atoms with van der Waals surface area (Å²) in [7, 11) is -4.75. The lowest BCUT2D eigenvalue weighted by atomic mass is 10.1. The number of benzene rings is 2. The monoisotopic (exact) mass is 501 g/mol. The van der Waals surface area contributed by atoms with Gasteiger partial charge in [0.1, 0.15) is 17.5 Å². The van der Waals surface area contributed by atoms with E-state index in [4.69, 9.17) is 4.74 Å². The SMILES string of the molecule is CCN(C(c1ccc(F)cc1)C(F)(F)F)S(=O)(=O)c1cccc2c1cnn2C(=O)OC(C)(C)C. The second-order valence-electron chi connectivity index (χ2n) is 8.43. The fourth-order valence-electron chi connectivity index (χ4n) is 3.48. The number of hydrogen-bond donors (Lipinski definition) is 0. The molecule has 3 aromatic rings. The molecule has 3 rings (SSSR count). The van der Waals surface area contributed by atoms with Crippen molar-refractivity contribution < 1.29 is 35.5 Å². The highest BCUT2D eigenvalue weighted by atomic mass is 32.2. The van der Waals surface area contributed by atoms with Crippen LogP contribution in [0.5, 0.6) is 0 Å². The predicted molar refractivity (Wildman–Crippen MR) is 116 cm³/mol. The number of ether oxygens (including phenoxy) is 1. The van der Waals surface area contributed by atoms with Crippen molar-refractivity contribution in [2.75, 3.05) is 6.54 Å². The molecule has 0 aliphatic rings. The lowest BCUT2D eigenvalue weighted by Crippen LogP contribution is -2.42. The van der Waals surface area contributed by atoms with Crippen LogP contribution in [-0.4, -0.2) is 46.9 Å². The molecule has 0 radical (unpaired) electrons. The van der Waals surface area contributed by atoms with Crippen LogP contribution in [0, 0.1) is 5.82 Å². The van der Waals surface area contributed by atoms with Crippen LogP contribution < -0.4 is 0 Å². The molecular weight excluding hydrogens is 478 g/mol. The molecule has 34 heavy (non-hydrogen) atoms. The summed E-state index contributed by atoms with van der Waals surface area (Å²) in [5.74, 6) is -0.755. The summed E-state index contributed by atoms with van der Waals surface area (Å²) in [6.07, 6.45) is -4.78. The summed E-state index contributed by atoms with van der Waals surface area (Å²) in [5.41, 5.74) is -1.24. The Balaban J connectivity index is 2.14. The minimum absolute atomic E-state index is 0.0492. The number of carbonyl (C=O) groups excluding carboxylic acids is 1. The Labute approximate surface area is 194 Å². The van der Waals surface area contributed by atoms with Crippen molar-refractivity contribution >= 4 is 27.0 Å². The number of aromatic nitrogens is 2. The Hall–Kier alpha value is -2.99. The van der Waals surface area contributed by atoms with E-state index in [1.807, 2.05) is 0 Å². The van der Waals surface area contributed by atoms with Gasteiger partial charge in [0.25, 0.3) is 0 Å². The van der Waals surface area contributed by atoms with Gasteiger partial charge in [-0.1, -0.05) is 25.1 Å². The number of alkyl halides is 3. The quantitative estimate of drug-likeness (QED) is 0.445. The zero-order chi connectivity index (χ0) is 25.5. The van der Waals surface area contributed by atoms with Crippen molar-refractivity contribution in [1.82, 2.24) is 14.1 Å². The van der Waals surface area contributed by atoms with Gasteiger partial charge in [-0.15, -0.1) is 0 Å². The molecule has 0 amide bonds. The fraction of sp³-hybridized carbons (Fsp3) is 0.364. The van der Waals surface area contributed by atoms with Gasteiger partial charge in [-0.3, -0.25) is 0 Å². The third-order valence-electron chi connectivity index (χ3n) is 4.82. The first-order valence-electron chi connectivity index (χ1n) is 10.2. The van der Waals surface area contributed by atoms with Crippen molar-refractivity contribution in [2.24, 2.45) is 0 Å². The van der Waals surface area contributed by atoms with E-state index in [-0.39, 0.29) is 10.9 Å². The van der Waals surface area contributed by atoms with Crippen LogP contribution in [0.2, 0.25) is 0 Å². The summed E-state index contributed by atoms with van der Waals surface area (Å²) < 4.78 is 89.0. The van der Waals surface area contributed by atoms with E-state index in [1.54, 1.807) is 20.8 Å². The number of fused-ring (bicyclic) bond motifs is 1. The molecule has 2 aromatic carbocycles. The summed E-state index contributed by atoms with van der Waals surface area (Å²) in [6, 6.07) is 4.74. The van der Waals surface area contributed by atoms with Gasteiger partial charge >= 0.3 is 12.3 Å². The largest absolute Gasteiger partial charge is 0.442 e. The second-order valence-corrected chi connectivity index (χ2v) is 10.3. The number of nitrogens with zero attached hydrogens (tertiary/aromatic N) is 3. The van der Waals surface area contributed by atoms with Gasteiger partial charge < -0.3 is 4.74 Å². The molecule has 184 valence electrons. The molecule has 0 saturated heterocycles. The van der Waals surface area contributed by atoms with Crippen LogP contribution in [0.4, 0.5) is 22.4 Å². The first kappa shape index (κ1) is 25.6. The number of hydrogen-bond acceptors (Lipinski definition) is 5. The van der Waals surface area contributed by atoms with Gasteiger partial charge in [-0.2, -0.15) is 27.3 Å². The third-order valence-corrected chi connectivity index (χ3v) is 6.82. The first-order valence-corrected chi connectivity index (χ1v) is 11.6. The van der Waals surface area contributed by atoms with Gasteiger partial charge in [0.05, 0.1) is 16.6 Å². The lowest BCUT2D eigenvalue weighted by Gasteiger charge is -2.32. The van der Waals surface area contributed by atoms with Crippen LogP contribution in [0.3, 0.4) is 0 Å². The summed E-state index contributed by atoms with van der Waals surface area (Å²) in [6.45, 7) is 5.65. The molecular formula is C22H23F4N3O4S. The summed E-state index contributed by atoms with van der Waals surface area (Å²) in [4.78, 5) is 12.0. The van der Waals surface area contributed by atoms with Crippen molar-refractivity contribution in [3.8, 4) is 0 Å². The molecule has 12 heteroatoms. The number of halogens is 4. The van der Waals surface area contributed by atoms with E-state index in [0.717, 1.165) is 41.2 Å². The first-order chi connectivity index (χ1) is 15.7. The minimum Gasteiger partial charge on any atom is -0.442 e. The van der Waals surface area contributed by atoms with Gasteiger partial charge in [0.2, 0.25) is 10.0 Å². The zero-order valence-electron chi connectivity index (χ0n) is 18.8. The van der Waals surface area contributed by atoms with Gasteiger partial charge in [-0.05, 0) is 50.6 Å². The van der Waals surface area contributed by atoms with E-state index < -0.39 is 56.8 Å². The highest BCUT2D eigenvalue weighted by molar-refractivity contribution is 7.89. The highest BCUT2D eigenvalue weighted by Gasteiger charge is 2.49. The molecule has 7 nitrogen and oxygen atoms in total. The van der Waals surface area contributed by atoms with Crippen molar-refractivity contribution in [3.63, 3.8) is 0 Å². The molecule has 1 aromatic heterocycles. The maximum atomic E-state index is 14.1. The van der Waals surface area contributed by atoms with Crippen LogP contribution in [-0.2, 0) is 14.8 Å². The molecule has 0 bridgehead atoms.